The molecule has 0 aliphatic carbocycles. The van der Waals surface area contributed by atoms with E-state index in [9.17, 15) is 31.9 Å². The number of rotatable bonds is 8. The van der Waals surface area contributed by atoms with Gasteiger partial charge in [0.2, 0.25) is 5.91 Å². The summed E-state index contributed by atoms with van der Waals surface area (Å²) in [4.78, 5) is 37.8. The third-order valence-corrected chi connectivity index (χ3v) is 6.35. The fourth-order valence-electron chi connectivity index (χ4n) is 3.57. The number of halogens is 6. The summed E-state index contributed by atoms with van der Waals surface area (Å²) >= 11 is 12.3. The molecule has 3 aromatic carbocycles. The number of ether oxygens (including phenoxy) is 1. The Morgan fingerprint density at radius 3 is 2.25 bits per heavy atom. The Morgan fingerprint density at radius 1 is 0.955 bits per heavy atom. The largest absolute Gasteiger partial charge is 0.483 e. The molecule has 44 heavy (non-hydrogen) atoms. The standard InChI is InChI=1S/C31H27Cl2F4N3O4/c1-29(2,40-28(43)30(3,4)38)10-9-17-5-7-24(23(33)11-17)39-26(41)16-44-25-8-6-20(32)15-22(25)27(42)18-12-19(31(35,36)37)14-21(34)13-18/h5-8,11-15H,16,38H2,1-4H3,(H,39,41)(H,40,43). The Bertz CT molecular complexity index is 1670. The van der Waals surface area contributed by atoms with Crippen molar-refractivity contribution in [1.82, 2.24) is 5.32 Å². The Hall–Kier alpha value is -4.11. The zero-order chi connectivity index (χ0) is 33.0. The quantitative estimate of drug-likeness (QED) is 0.149. The van der Waals surface area contributed by atoms with E-state index < -0.39 is 52.5 Å². The van der Waals surface area contributed by atoms with Gasteiger partial charge in [-0.1, -0.05) is 35.0 Å². The van der Waals surface area contributed by atoms with Gasteiger partial charge in [-0.15, -0.1) is 0 Å². The van der Waals surface area contributed by atoms with E-state index >= 15 is 0 Å². The van der Waals surface area contributed by atoms with Gasteiger partial charge in [-0.25, -0.2) is 4.39 Å². The van der Waals surface area contributed by atoms with Crippen LogP contribution in [-0.4, -0.2) is 35.3 Å². The number of alkyl halides is 3. The van der Waals surface area contributed by atoms with Crippen molar-refractivity contribution in [3.8, 4) is 17.6 Å². The summed E-state index contributed by atoms with van der Waals surface area (Å²) < 4.78 is 58.9. The molecule has 3 rings (SSSR count). The van der Waals surface area contributed by atoms with E-state index in [2.05, 4.69) is 22.5 Å². The van der Waals surface area contributed by atoms with E-state index in [1.165, 1.54) is 24.3 Å². The van der Waals surface area contributed by atoms with Gasteiger partial charge in [-0.05, 0) is 82.3 Å². The highest BCUT2D eigenvalue weighted by Gasteiger charge is 2.32. The summed E-state index contributed by atoms with van der Waals surface area (Å²) in [7, 11) is 0. The first-order valence-corrected chi connectivity index (χ1v) is 13.6. The Balaban J connectivity index is 1.72. The Kier molecular flexibility index (Phi) is 10.4. The molecule has 0 fully saturated rings. The second-order valence-corrected chi connectivity index (χ2v) is 11.6. The molecule has 2 amide bonds. The molecular formula is C31H27Cl2F4N3O4. The zero-order valence-electron chi connectivity index (χ0n) is 23.9. The summed E-state index contributed by atoms with van der Waals surface area (Å²) in [6, 6.07) is 9.76. The van der Waals surface area contributed by atoms with Crippen LogP contribution in [0.15, 0.2) is 54.6 Å². The van der Waals surface area contributed by atoms with Gasteiger partial charge in [0.15, 0.2) is 12.4 Å². The molecule has 4 N–H and O–H groups in total. The second kappa shape index (κ2) is 13.3. The van der Waals surface area contributed by atoms with Crippen molar-refractivity contribution in [2.24, 2.45) is 5.73 Å². The van der Waals surface area contributed by atoms with Crippen LogP contribution in [0.5, 0.6) is 5.75 Å². The van der Waals surface area contributed by atoms with Crippen molar-refractivity contribution in [2.45, 2.75) is 44.9 Å². The lowest BCUT2D eigenvalue weighted by atomic mass is 10.00. The van der Waals surface area contributed by atoms with Crippen molar-refractivity contribution < 1.29 is 36.7 Å². The van der Waals surface area contributed by atoms with Gasteiger partial charge in [0.05, 0.1) is 32.9 Å². The minimum Gasteiger partial charge on any atom is -0.483 e. The molecule has 0 aromatic heterocycles. The maximum absolute atomic E-state index is 13.9. The number of benzene rings is 3. The van der Waals surface area contributed by atoms with Crippen molar-refractivity contribution in [3.05, 3.63) is 92.7 Å². The second-order valence-electron chi connectivity index (χ2n) is 10.8. The van der Waals surface area contributed by atoms with Gasteiger partial charge in [0.1, 0.15) is 11.6 Å². The molecule has 7 nitrogen and oxygen atoms in total. The van der Waals surface area contributed by atoms with Crippen LogP contribution in [-0.2, 0) is 15.8 Å². The molecule has 0 atom stereocenters. The van der Waals surface area contributed by atoms with Crippen molar-refractivity contribution >= 4 is 46.5 Å². The van der Waals surface area contributed by atoms with Crippen molar-refractivity contribution in [1.29, 1.82) is 0 Å². The van der Waals surface area contributed by atoms with Gasteiger partial charge in [-0.2, -0.15) is 13.2 Å². The molecule has 13 heteroatoms. The maximum Gasteiger partial charge on any atom is 0.416 e. The number of nitrogens with two attached hydrogens (primary N) is 1. The van der Waals surface area contributed by atoms with Gasteiger partial charge < -0.3 is 21.1 Å². The average molecular weight is 652 g/mol. The molecule has 0 aliphatic rings. The van der Waals surface area contributed by atoms with E-state index in [0.717, 1.165) is 6.07 Å². The van der Waals surface area contributed by atoms with Gasteiger partial charge >= 0.3 is 6.18 Å². The summed E-state index contributed by atoms with van der Waals surface area (Å²) in [5, 5.41) is 5.49. The molecule has 0 heterocycles. The summed E-state index contributed by atoms with van der Waals surface area (Å²) in [6.07, 6.45) is -4.88. The highest BCUT2D eigenvalue weighted by molar-refractivity contribution is 6.33. The number of amides is 2. The van der Waals surface area contributed by atoms with Crippen molar-refractivity contribution in [3.63, 3.8) is 0 Å². The molecule has 0 aliphatic heterocycles. The Morgan fingerprint density at radius 2 is 1.64 bits per heavy atom. The van der Waals surface area contributed by atoms with Crippen LogP contribution in [0.1, 0.15) is 54.7 Å². The van der Waals surface area contributed by atoms with Crippen LogP contribution >= 0.6 is 23.2 Å². The molecule has 0 bridgehead atoms. The van der Waals surface area contributed by atoms with Gasteiger partial charge in [0.25, 0.3) is 5.91 Å². The summed E-state index contributed by atoms with van der Waals surface area (Å²) in [5.41, 5.74) is 2.33. The monoisotopic (exact) mass is 651 g/mol. The first-order chi connectivity index (χ1) is 20.2. The van der Waals surface area contributed by atoms with Crippen LogP contribution in [0.4, 0.5) is 23.2 Å². The number of hydrogen-bond acceptors (Lipinski definition) is 5. The first-order valence-electron chi connectivity index (χ1n) is 12.8. The normalized spacial score (nSPS) is 11.7. The van der Waals surface area contributed by atoms with Crippen LogP contribution in [0.3, 0.4) is 0 Å². The highest BCUT2D eigenvalue weighted by atomic mass is 35.5. The molecule has 0 radical (unpaired) electrons. The maximum atomic E-state index is 13.9. The Labute approximate surface area is 261 Å². The fourth-order valence-corrected chi connectivity index (χ4v) is 3.97. The first kappa shape index (κ1) is 34.4. The lowest BCUT2D eigenvalue weighted by Crippen LogP contribution is -2.55. The fraction of sp³-hybridized carbons (Fsp3) is 0.258. The molecule has 0 saturated heterocycles. The number of carbonyl (C=O) groups is 3. The van der Waals surface area contributed by atoms with E-state index in [0.29, 0.717) is 17.7 Å². The predicted molar refractivity (Wildman–Crippen MR) is 159 cm³/mol. The van der Waals surface area contributed by atoms with Crippen LogP contribution in [0.25, 0.3) is 0 Å². The topological polar surface area (TPSA) is 111 Å². The predicted octanol–water partition coefficient (Wildman–Crippen LogP) is 6.38. The SMILES string of the molecule is CC(C)(C#Cc1ccc(NC(=O)COc2ccc(Cl)cc2C(=O)c2cc(F)cc(C(F)(F)F)c2)c(Cl)c1)NC(=O)C(C)(C)N. The minimum atomic E-state index is -4.88. The average Bonchev–Trinajstić information content (AvgIpc) is 2.90. The van der Waals surface area contributed by atoms with Crippen molar-refractivity contribution in [2.75, 3.05) is 11.9 Å². The van der Waals surface area contributed by atoms with Gasteiger partial charge in [0, 0.05) is 16.1 Å². The molecule has 0 saturated carbocycles. The van der Waals surface area contributed by atoms with E-state index in [4.69, 9.17) is 33.7 Å². The van der Waals surface area contributed by atoms with Crippen LogP contribution < -0.4 is 21.1 Å². The molecular weight excluding hydrogens is 625 g/mol. The molecule has 3 aromatic rings. The van der Waals surface area contributed by atoms with E-state index in [-0.39, 0.29) is 39.0 Å². The number of anilines is 1. The third kappa shape index (κ3) is 9.44. The van der Waals surface area contributed by atoms with Crippen LogP contribution in [0.2, 0.25) is 10.0 Å². The lowest BCUT2D eigenvalue weighted by molar-refractivity contribution is -0.137. The lowest BCUT2D eigenvalue weighted by Gasteiger charge is -2.25. The van der Waals surface area contributed by atoms with E-state index in [1.807, 2.05) is 0 Å². The third-order valence-electron chi connectivity index (χ3n) is 5.81. The number of carbonyl (C=O) groups excluding carboxylic acids is 3. The highest BCUT2D eigenvalue weighted by Crippen LogP contribution is 2.32. The van der Waals surface area contributed by atoms with E-state index in [1.54, 1.807) is 33.8 Å². The molecule has 232 valence electrons. The summed E-state index contributed by atoms with van der Waals surface area (Å²) in [5.74, 6) is 2.35. The smallest absolute Gasteiger partial charge is 0.416 e. The number of ketones is 1. The zero-order valence-corrected chi connectivity index (χ0v) is 25.4. The van der Waals surface area contributed by atoms with Crippen LogP contribution in [0, 0.1) is 17.7 Å². The van der Waals surface area contributed by atoms with Gasteiger partial charge in [-0.3, -0.25) is 14.4 Å². The summed E-state index contributed by atoms with van der Waals surface area (Å²) in [6.45, 7) is 5.93. The molecule has 0 unspecified atom stereocenters. The molecule has 0 spiro atoms. The number of hydrogen-bond donors (Lipinski definition) is 3. The minimum absolute atomic E-state index is 0.0570. The number of nitrogens with one attached hydrogen (secondary N) is 2.